The van der Waals surface area contributed by atoms with Crippen LogP contribution in [-0.2, 0) is 89.6 Å². The summed E-state index contributed by atoms with van der Waals surface area (Å²) in [4.78, 5) is 204. The minimum absolute atomic E-state index is 0.101. The third kappa shape index (κ3) is 28.1. The molecule has 8 atom stereocenters. The Hall–Kier alpha value is -9.88. The predicted molar refractivity (Wildman–Crippen MR) is 292 cm³/mol. The zero-order valence-corrected chi connectivity index (χ0v) is 46.9. The van der Waals surface area contributed by atoms with Crippen molar-refractivity contribution in [2.45, 2.75) is 134 Å². The van der Waals surface area contributed by atoms with Gasteiger partial charge in [0, 0.05) is 18.9 Å². The number of nitrogens with one attached hydrogen (secondary N) is 11. The minimum atomic E-state index is -2.22. The van der Waals surface area contributed by atoms with Gasteiger partial charge in [0.15, 0.2) is 5.78 Å². The van der Waals surface area contributed by atoms with Gasteiger partial charge in [0.1, 0.15) is 36.3 Å². The highest BCUT2D eigenvalue weighted by Gasteiger charge is 2.36. The molecule has 10 amide bonds. The van der Waals surface area contributed by atoms with Crippen LogP contribution in [0.1, 0.15) is 77.8 Å². The maximum atomic E-state index is 14.2. The molecule has 0 saturated heterocycles. The summed E-state index contributed by atoms with van der Waals surface area (Å²) in [6.45, 7) is 5.08. The molecule has 85 heavy (non-hydrogen) atoms. The summed E-state index contributed by atoms with van der Waals surface area (Å²) in [5.41, 5.74) is 1.03. The van der Waals surface area contributed by atoms with Crippen molar-refractivity contribution in [2.75, 3.05) is 19.6 Å². The molecule has 464 valence electrons. The Labute approximate surface area is 485 Å². The molecule has 0 radical (unpaired) electrons. The van der Waals surface area contributed by atoms with Crippen LogP contribution in [0.15, 0.2) is 60.7 Å². The molecule has 0 aromatic heterocycles. The van der Waals surface area contributed by atoms with Crippen LogP contribution in [0.5, 0.6) is 0 Å². The number of amides is 10. The van der Waals surface area contributed by atoms with Gasteiger partial charge in [-0.2, -0.15) is 0 Å². The van der Waals surface area contributed by atoms with Gasteiger partial charge in [-0.15, -0.1) is 0 Å². The number of aliphatic carboxylic acids is 5. The van der Waals surface area contributed by atoms with Crippen molar-refractivity contribution in [3.63, 3.8) is 0 Å². The van der Waals surface area contributed by atoms with E-state index in [1.807, 2.05) is 21.3 Å². The highest BCUT2D eigenvalue weighted by atomic mass is 16.4. The van der Waals surface area contributed by atoms with Crippen LogP contribution < -0.4 is 58.5 Å². The molecule has 16 N–H and O–H groups in total. The van der Waals surface area contributed by atoms with Gasteiger partial charge in [-0.25, -0.2) is 0 Å². The van der Waals surface area contributed by atoms with Gasteiger partial charge in [0.25, 0.3) is 0 Å². The van der Waals surface area contributed by atoms with Crippen molar-refractivity contribution in [1.82, 2.24) is 58.5 Å². The maximum Gasteiger partial charge on any atom is 0.305 e. The van der Waals surface area contributed by atoms with E-state index in [2.05, 4.69) is 37.2 Å². The lowest BCUT2D eigenvalue weighted by Crippen LogP contribution is -2.60. The highest BCUT2D eigenvalue weighted by Crippen LogP contribution is 2.11. The van der Waals surface area contributed by atoms with Crippen molar-refractivity contribution >= 4 is 94.7 Å². The number of carbonyl (C=O) groups is 16. The SMILES string of the molecule is CC(=O)[C@@H](NC(=O)[C@H](Cc1ccccc1)NC(=O)[C@H](Cc1ccccc1)NC(=O)[C@H](CC(=O)O)NC(=O)[C@H](CC(=O)O)NC(=O)[C@H](CC(=O)O)NC(=O)CNC(=O)CNC(=O)CNC(=O)[C@H](CC(=O)O)NC(=O)[C@H](CC(=O)O)NC(C)C)C(C)C. The van der Waals surface area contributed by atoms with E-state index in [1.165, 1.54) is 6.92 Å². The lowest BCUT2D eigenvalue weighted by molar-refractivity contribution is -0.144. The normalized spacial score (nSPS) is 13.6. The number of carboxylic acid groups (broad SMARTS) is 5. The topological polar surface area (TPSA) is 507 Å². The average molecular weight is 1200 g/mol. The fraction of sp³-hybridized carbons (Fsp3) is 0.472. The number of hydrogen-bond donors (Lipinski definition) is 16. The van der Waals surface area contributed by atoms with Crippen molar-refractivity contribution < 1.29 is 102 Å². The average Bonchev–Trinajstić information content (AvgIpc) is 3.63. The monoisotopic (exact) mass is 1200 g/mol. The predicted octanol–water partition coefficient (Wildman–Crippen LogP) is -4.80. The van der Waals surface area contributed by atoms with Gasteiger partial charge in [-0.3, -0.25) is 76.7 Å². The van der Waals surface area contributed by atoms with E-state index in [4.69, 9.17) is 5.11 Å². The van der Waals surface area contributed by atoms with E-state index in [9.17, 15) is 97.1 Å². The number of hydrogen-bond acceptors (Lipinski definition) is 17. The van der Waals surface area contributed by atoms with Gasteiger partial charge in [0.2, 0.25) is 59.1 Å². The lowest BCUT2D eigenvalue weighted by atomic mass is 9.98. The van der Waals surface area contributed by atoms with Gasteiger partial charge in [-0.1, -0.05) is 88.4 Å². The Morgan fingerprint density at radius 3 is 1.00 bits per heavy atom. The molecule has 0 saturated carbocycles. The largest absolute Gasteiger partial charge is 0.481 e. The molecule has 0 spiro atoms. The second kappa shape index (κ2) is 35.9. The van der Waals surface area contributed by atoms with Crippen LogP contribution in [0.4, 0.5) is 0 Å². The third-order valence-electron chi connectivity index (χ3n) is 11.8. The van der Waals surface area contributed by atoms with Crippen LogP contribution >= 0.6 is 0 Å². The van der Waals surface area contributed by atoms with E-state index in [0.717, 1.165) is 0 Å². The van der Waals surface area contributed by atoms with Crippen molar-refractivity contribution in [3.8, 4) is 0 Å². The lowest BCUT2D eigenvalue weighted by Gasteiger charge is -2.27. The molecule has 2 aromatic rings. The Balaban J connectivity index is 2.22. The summed E-state index contributed by atoms with van der Waals surface area (Å²) in [7, 11) is 0. The Bertz CT molecular complexity index is 2760. The summed E-state index contributed by atoms with van der Waals surface area (Å²) >= 11 is 0. The van der Waals surface area contributed by atoms with Crippen molar-refractivity contribution in [1.29, 1.82) is 0 Å². The van der Waals surface area contributed by atoms with Gasteiger partial charge in [-0.05, 0) is 24.0 Å². The fourth-order valence-electron chi connectivity index (χ4n) is 7.83. The number of carboxylic acids is 5. The Morgan fingerprint density at radius 1 is 0.353 bits per heavy atom. The number of Topliss-reactive ketones (excluding diaryl/α,β-unsaturated/α-hetero) is 1. The van der Waals surface area contributed by atoms with E-state index in [1.54, 1.807) is 88.4 Å². The molecule has 0 aliphatic carbocycles. The van der Waals surface area contributed by atoms with E-state index in [0.29, 0.717) is 11.1 Å². The summed E-state index contributed by atoms with van der Waals surface area (Å²) < 4.78 is 0. The van der Waals surface area contributed by atoms with Gasteiger partial charge in [0.05, 0.1) is 63.8 Å². The zero-order valence-electron chi connectivity index (χ0n) is 46.9. The van der Waals surface area contributed by atoms with Crippen LogP contribution in [0.25, 0.3) is 0 Å². The minimum Gasteiger partial charge on any atom is -0.481 e. The van der Waals surface area contributed by atoms with Gasteiger partial charge >= 0.3 is 29.8 Å². The van der Waals surface area contributed by atoms with E-state index >= 15 is 0 Å². The second-order valence-electron chi connectivity index (χ2n) is 19.8. The molecular weight excluding hydrogens is 1130 g/mol. The number of carbonyl (C=O) groups excluding carboxylic acids is 11. The number of rotatable bonds is 38. The first-order valence-electron chi connectivity index (χ1n) is 26.2. The molecule has 0 aliphatic rings. The quantitative estimate of drug-likeness (QED) is 0.0300. The molecule has 32 nitrogen and oxygen atoms in total. The molecule has 0 fully saturated rings. The second-order valence-corrected chi connectivity index (χ2v) is 19.8. The zero-order chi connectivity index (χ0) is 64.1. The first kappa shape index (κ1) is 71.2. The molecule has 0 heterocycles. The fourth-order valence-corrected chi connectivity index (χ4v) is 7.83. The smallest absolute Gasteiger partial charge is 0.305 e. The Morgan fingerprint density at radius 2 is 0.647 bits per heavy atom. The first-order chi connectivity index (χ1) is 39.8. The summed E-state index contributed by atoms with van der Waals surface area (Å²) in [6, 6.07) is 2.53. The highest BCUT2D eigenvalue weighted by molar-refractivity contribution is 6.00. The molecule has 32 heteroatoms. The van der Waals surface area contributed by atoms with Crippen LogP contribution in [-0.4, -0.2) is 194 Å². The Kier molecular flexibility index (Phi) is 30.1. The van der Waals surface area contributed by atoms with Crippen molar-refractivity contribution in [3.05, 3.63) is 71.8 Å². The maximum absolute atomic E-state index is 14.2. The van der Waals surface area contributed by atoms with E-state index in [-0.39, 0.29) is 24.5 Å². The third-order valence-corrected chi connectivity index (χ3v) is 11.8. The van der Waals surface area contributed by atoms with Gasteiger partial charge < -0.3 is 84.0 Å². The van der Waals surface area contributed by atoms with Crippen LogP contribution in [0, 0.1) is 5.92 Å². The number of ketones is 1. The van der Waals surface area contributed by atoms with Crippen LogP contribution in [0.2, 0.25) is 0 Å². The number of benzene rings is 2. The molecule has 0 bridgehead atoms. The summed E-state index contributed by atoms with van der Waals surface area (Å²) in [5, 5.41) is 71.9. The van der Waals surface area contributed by atoms with E-state index < -0.39 is 195 Å². The molecular formula is C53H71N11O21. The first-order valence-corrected chi connectivity index (χ1v) is 26.2. The summed E-state index contributed by atoms with van der Waals surface area (Å²) in [6.07, 6.45) is -5.81. The molecule has 2 rings (SSSR count). The van der Waals surface area contributed by atoms with Crippen molar-refractivity contribution in [2.24, 2.45) is 5.92 Å². The molecule has 2 aromatic carbocycles. The molecule has 0 unspecified atom stereocenters. The van der Waals surface area contributed by atoms with Crippen LogP contribution in [0.3, 0.4) is 0 Å². The summed E-state index contributed by atoms with van der Waals surface area (Å²) in [5.74, 6) is -20.6. The standard InChI is InChI=1S/C53H71N11O21/c1-26(2)46(28(5)65)64-53(85)32(17-30-14-10-7-11-15-30)60-48(80)31(16-29-12-8-6-9-13-29)59-51(83)36(21-44(75)76)63-52(84)37(22-45(77)78)62-50(82)35(20-43(73)74)58-40(68)25-55-38(66)23-54-39(67)24-56-47(79)33(18-41(69)70)61-49(81)34(19-42(71)72)57-27(3)4/h6-15,26-27,31-37,46,57H,16-25H2,1-5H3,(H,54,67)(H,55,66)(H,56,79)(H,58,68)(H,59,83)(H,60,80)(H,61,81)(H,62,82)(H,63,84)(H,64,85)(H,69,70)(H,71,72)(H,73,74)(H,75,76)(H,77,78)/t31-,32-,33-,34-,35-,36-,37-,46-/m0/s1. The molecule has 0 aliphatic heterocycles.